The number of hydrogen-bond donors (Lipinski definition) is 2. The molecule has 3 aromatic rings. The quantitative estimate of drug-likeness (QED) is 0.430. The second kappa shape index (κ2) is 8.67. The van der Waals surface area contributed by atoms with Gasteiger partial charge < -0.3 is 0 Å². The van der Waals surface area contributed by atoms with E-state index < -0.39 is 27.7 Å². The number of rotatable bonds is 6. The molecule has 0 fully saturated rings. The number of hydrogen-bond acceptors (Lipinski definition) is 5. The van der Waals surface area contributed by atoms with Crippen molar-refractivity contribution in [3.63, 3.8) is 0 Å². The number of anilines is 1. The van der Waals surface area contributed by atoms with Gasteiger partial charge in [0, 0.05) is 16.8 Å². The fourth-order valence-corrected chi connectivity index (χ4v) is 4.46. The Morgan fingerprint density at radius 2 is 1.70 bits per heavy atom. The SMILES string of the molecule is O=C(N/N=C/c1ccccc1C(F)(F)F)c1ccc(NS(=O)(=O)c2cccs2)cc1. The lowest BCUT2D eigenvalue weighted by molar-refractivity contribution is -0.137. The molecule has 0 bridgehead atoms. The number of alkyl halides is 3. The molecular formula is C19H14F3N3O3S2. The number of halogens is 3. The van der Waals surface area contributed by atoms with E-state index >= 15 is 0 Å². The third kappa shape index (κ3) is 5.24. The molecule has 6 nitrogen and oxygen atoms in total. The summed E-state index contributed by atoms with van der Waals surface area (Å²) < 4.78 is 65.7. The lowest BCUT2D eigenvalue weighted by Gasteiger charge is -2.09. The molecule has 0 radical (unpaired) electrons. The maximum absolute atomic E-state index is 12.9. The van der Waals surface area contributed by atoms with Crippen molar-refractivity contribution in [1.29, 1.82) is 0 Å². The van der Waals surface area contributed by atoms with Gasteiger partial charge in [-0.3, -0.25) is 9.52 Å². The van der Waals surface area contributed by atoms with E-state index in [1.807, 2.05) is 0 Å². The first kappa shape index (κ1) is 21.5. The summed E-state index contributed by atoms with van der Waals surface area (Å²) in [6.07, 6.45) is -3.64. The highest BCUT2D eigenvalue weighted by Crippen LogP contribution is 2.31. The Bertz CT molecular complexity index is 1160. The first-order valence-electron chi connectivity index (χ1n) is 8.33. The molecule has 0 aliphatic heterocycles. The predicted molar refractivity (Wildman–Crippen MR) is 108 cm³/mol. The topological polar surface area (TPSA) is 87.6 Å². The predicted octanol–water partition coefficient (Wildman–Crippen LogP) is 4.33. The number of amides is 1. The first-order chi connectivity index (χ1) is 14.2. The third-order valence-electron chi connectivity index (χ3n) is 3.80. The summed E-state index contributed by atoms with van der Waals surface area (Å²) in [4.78, 5) is 12.1. The van der Waals surface area contributed by atoms with E-state index in [0.717, 1.165) is 23.6 Å². The van der Waals surface area contributed by atoms with Crippen molar-refractivity contribution in [2.24, 2.45) is 5.10 Å². The van der Waals surface area contributed by atoms with Gasteiger partial charge in [-0.15, -0.1) is 11.3 Å². The van der Waals surface area contributed by atoms with Crippen LogP contribution in [0.15, 0.2) is 75.4 Å². The van der Waals surface area contributed by atoms with Gasteiger partial charge >= 0.3 is 6.18 Å². The average molecular weight is 453 g/mol. The minimum atomic E-state index is -4.54. The summed E-state index contributed by atoms with van der Waals surface area (Å²) in [6.45, 7) is 0. The smallest absolute Gasteiger partial charge is 0.279 e. The lowest BCUT2D eigenvalue weighted by atomic mass is 10.1. The minimum Gasteiger partial charge on any atom is -0.279 e. The number of sulfonamides is 1. The highest BCUT2D eigenvalue weighted by atomic mass is 32.2. The van der Waals surface area contributed by atoms with E-state index in [2.05, 4.69) is 15.2 Å². The highest BCUT2D eigenvalue weighted by Gasteiger charge is 2.32. The second-order valence-corrected chi connectivity index (χ2v) is 8.76. The van der Waals surface area contributed by atoms with Crippen LogP contribution >= 0.6 is 11.3 Å². The molecule has 0 saturated heterocycles. The van der Waals surface area contributed by atoms with Gasteiger partial charge in [0.15, 0.2) is 0 Å². The van der Waals surface area contributed by atoms with Gasteiger partial charge in [-0.2, -0.15) is 18.3 Å². The monoisotopic (exact) mass is 453 g/mol. The Balaban J connectivity index is 1.65. The number of carbonyl (C=O) groups excluding carboxylic acids is 1. The van der Waals surface area contributed by atoms with Gasteiger partial charge in [-0.25, -0.2) is 13.8 Å². The first-order valence-corrected chi connectivity index (χ1v) is 10.7. The van der Waals surface area contributed by atoms with Crippen molar-refractivity contribution in [2.75, 3.05) is 4.72 Å². The van der Waals surface area contributed by atoms with Gasteiger partial charge in [0.1, 0.15) is 4.21 Å². The zero-order valence-corrected chi connectivity index (χ0v) is 16.7. The Morgan fingerprint density at radius 1 is 1.00 bits per heavy atom. The summed E-state index contributed by atoms with van der Waals surface area (Å²) in [5, 5.41) is 5.21. The Morgan fingerprint density at radius 3 is 2.33 bits per heavy atom. The number of nitrogens with one attached hydrogen (secondary N) is 2. The van der Waals surface area contributed by atoms with Gasteiger partial charge in [-0.05, 0) is 41.8 Å². The molecule has 0 spiro atoms. The molecule has 2 aromatic carbocycles. The van der Waals surface area contributed by atoms with E-state index in [0.29, 0.717) is 0 Å². The highest BCUT2D eigenvalue weighted by molar-refractivity contribution is 7.94. The lowest BCUT2D eigenvalue weighted by Crippen LogP contribution is -2.18. The van der Waals surface area contributed by atoms with Crippen LogP contribution in [-0.4, -0.2) is 20.5 Å². The van der Waals surface area contributed by atoms with Gasteiger partial charge in [-0.1, -0.05) is 24.3 Å². The summed E-state index contributed by atoms with van der Waals surface area (Å²) in [5.41, 5.74) is 1.48. The molecule has 0 aliphatic rings. The minimum absolute atomic E-state index is 0.148. The molecule has 3 rings (SSSR count). The fraction of sp³-hybridized carbons (Fsp3) is 0.0526. The molecule has 1 aromatic heterocycles. The molecule has 11 heteroatoms. The molecule has 0 aliphatic carbocycles. The van der Waals surface area contributed by atoms with E-state index in [-0.39, 0.29) is 21.0 Å². The summed E-state index contributed by atoms with van der Waals surface area (Å²) in [7, 11) is -3.71. The Labute approximate surface area is 174 Å². The summed E-state index contributed by atoms with van der Waals surface area (Å²) >= 11 is 1.07. The van der Waals surface area contributed by atoms with E-state index in [4.69, 9.17) is 0 Å². The molecule has 1 amide bonds. The maximum atomic E-state index is 12.9. The molecule has 1 heterocycles. The molecule has 0 unspecified atom stereocenters. The second-order valence-electron chi connectivity index (χ2n) is 5.90. The van der Waals surface area contributed by atoms with Gasteiger partial charge in [0.25, 0.3) is 15.9 Å². The van der Waals surface area contributed by atoms with Gasteiger partial charge in [0.05, 0.1) is 11.8 Å². The van der Waals surface area contributed by atoms with E-state index in [9.17, 15) is 26.4 Å². The fourth-order valence-electron chi connectivity index (χ4n) is 2.40. The van der Waals surface area contributed by atoms with E-state index in [1.54, 1.807) is 11.4 Å². The normalized spacial score (nSPS) is 12.1. The Kier molecular flexibility index (Phi) is 6.22. The number of hydrazone groups is 1. The van der Waals surface area contributed by atoms with Crippen LogP contribution in [0.3, 0.4) is 0 Å². The third-order valence-corrected chi connectivity index (χ3v) is 6.57. The van der Waals surface area contributed by atoms with Crippen molar-refractivity contribution in [2.45, 2.75) is 10.4 Å². The zero-order valence-electron chi connectivity index (χ0n) is 15.1. The zero-order chi connectivity index (χ0) is 21.8. The van der Waals surface area contributed by atoms with Crippen molar-refractivity contribution >= 4 is 39.2 Å². The van der Waals surface area contributed by atoms with Crippen LogP contribution in [0.25, 0.3) is 0 Å². The van der Waals surface area contributed by atoms with Crippen molar-refractivity contribution in [3.05, 3.63) is 82.7 Å². The van der Waals surface area contributed by atoms with Gasteiger partial charge in [0.2, 0.25) is 0 Å². The summed E-state index contributed by atoms with van der Waals surface area (Å²) in [5.74, 6) is -0.664. The average Bonchev–Trinajstić information content (AvgIpc) is 3.24. The molecule has 156 valence electrons. The molecular weight excluding hydrogens is 439 g/mol. The van der Waals surface area contributed by atoms with Crippen LogP contribution in [0, 0.1) is 0 Å². The molecule has 30 heavy (non-hydrogen) atoms. The number of carbonyl (C=O) groups is 1. The van der Waals surface area contributed by atoms with Crippen molar-refractivity contribution in [3.8, 4) is 0 Å². The summed E-state index contributed by atoms with van der Waals surface area (Å²) in [6, 6.07) is 13.4. The van der Waals surface area contributed by atoms with Crippen molar-refractivity contribution < 1.29 is 26.4 Å². The number of thiophene rings is 1. The van der Waals surface area contributed by atoms with Crippen LogP contribution in [0.2, 0.25) is 0 Å². The largest absolute Gasteiger partial charge is 0.417 e. The number of nitrogens with zero attached hydrogens (tertiary/aromatic N) is 1. The molecule has 0 atom stereocenters. The van der Waals surface area contributed by atoms with Crippen LogP contribution in [0.5, 0.6) is 0 Å². The maximum Gasteiger partial charge on any atom is 0.417 e. The molecule has 0 saturated carbocycles. The standard InChI is InChI=1S/C19H14F3N3O3S2/c20-19(21,22)16-5-2-1-4-14(16)12-23-24-18(26)13-7-9-15(10-8-13)25-30(27,28)17-6-3-11-29-17/h1-12,25H,(H,24,26)/b23-12+. The molecule has 2 N–H and O–H groups in total. The van der Waals surface area contributed by atoms with Crippen LogP contribution in [-0.2, 0) is 16.2 Å². The Hall–Kier alpha value is -3.18. The van der Waals surface area contributed by atoms with Crippen LogP contribution < -0.4 is 10.1 Å². The number of benzene rings is 2. The van der Waals surface area contributed by atoms with Crippen LogP contribution in [0.4, 0.5) is 18.9 Å². The van der Waals surface area contributed by atoms with Crippen LogP contribution in [0.1, 0.15) is 21.5 Å². The van der Waals surface area contributed by atoms with E-state index in [1.165, 1.54) is 48.5 Å². The van der Waals surface area contributed by atoms with Crippen molar-refractivity contribution in [1.82, 2.24) is 5.43 Å².